The molecule has 3 nitrogen and oxygen atoms in total. The molecule has 0 radical (unpaired) electrons. The number of carbonyl (C=O) groups excluding carboxylic acids is 1. The predicted octanol–water partition coefficient (Wildman–Crippen LogP) is 3.81. The summed E-state index contributed by atoms with van der Waals surface area (Å²) in [5.41, 5.74) is 0.956. The van der Waals surface area contributed by atoms with Crippen LogP contribution in [0.4, 0.5) is 4.39 Å². The first-order valence-corrected chi connectivity index (χ1v) is 8.92. The number of piperidine rings is 1. The molecule has 0 atom stereocenters. The van der Waals surface area contributed by atoms with Crippen LogP contribution in [0.5, 0.6) is 0 Å². The van der Waals surface area contributed by atoms with Crippen molar-refractivity contribution in [2.24, 2.45) is 5.92 Å². The van der Waals surface area contributed by atoms with E-state index in [0.717, 1.165) is 44.5 Å². The van der Waals surface area contributed by atoms with Crippen LogP contribution in [0.15, 0.2) is 24.3 Å². The van der Waals surface area contributed by atoms with E-state index in [-0.39, 0.29) is 24.1 Å². The fourth-order valence-corrected chi connectivity index (χ4v) is 3.24. The van der Waals surface area contributed by atoms with Crippen LogP contribution >= 0.6 is 12.4 Å². The van der Waals surface area contributed by atoms with E-state index in [4.69, 9.17) is 0 Å². The van der Waals surface area contributed by atoms with Gasteiger partial charge in [-0.25, -0.2) is 4.39 Å². The lowest BCUT2D eigenvalue weighted by Gasteiger charge is -2.25. The highest BCUT2D eigenvalue weighted by Gasteiger charge is 2.17. The Morgan fingerprint density at radius 1 is 1.29 bits per heavy atom. The molecule has 1 aliphatic rings. The third-order valence-corrected chi connectivity index (χ3v) is 4.63. The second-order valence-corrected chi connectivity index (χ2v) is 6.49. The standard InChI is InChI=1S/C19H29FN2O.ClH/c1-2-13-22(14-10-17-4-3-5-18(20)15-17)19(23)7-6-16-8-11-21-12-9-16;/h3-5,15-16,21H,2,6-14H2,1H3;1H. The normalized spacial score (nSPS) is 14.9. The van der Waals surface area contributed by atoms with Crippen LogP contribution < -0.4 is 5.32 Å². The number of hydrogen-bond donors (Lipinski definition) is 1. The van der Waals surface area contributed by atoms with Gasteiger partial charge in [-0.2, -0.15) is 0 Å². The SMILES string of the molecule is CCCN(CCc1cccc(F)c1)C(=O)CCC1CCNCC1.Cl. The number of carbonyl (C=O) groups is 1. The Labute approximate surface area is 151 Å². The summed E-state index contributed by atoms with van der Waals surface area (Å²) in [6.45, 7) is 5.73. The molecule has 1 amide bonds. The highest BCUT2D eigenvalue weighted by atomic mass is 35.5. The summed E-state index contributed by atoms with van der Waals surface area (Å²) < 4.78 is 13.2. The van der Waals surface area contributed by atoms with Gasteiger partial charge in [-0.05, 0) is 68.8 Å². The lowest BCUT2D eigenvalue weighted by Crippen LogP contribution is -2.34. The van der Waals surface area contributed by atoms with Gasteiger partial charge in [0, 0.05) is 19.5 Å². The average molecular weight is 357 g/mol. The Morgan fingerprint density at radius 2 is 2.04 bits per heavy atom. The summed E-state index contributed by atoms with van der Waals surface area (Å²) >= 11 is 0. The highest BCUT2D eigenvalue weighted by molar-refractivity contribution is 5.85. The van der Waals surface area contributed by atoms with Crippen LogP contribution in [0.25, 0.3) is 0 Å². The third kappa shape index (κ3) is 7.18. The Kier molecular flexibility index (Phi) is 9.96. The molecule has 24 heavy (non-hydrogen) atoms. The average Bonchev–Trinajstić information content (AvgIpc) is 2.57. The molecule has 1 N–H and O–H groups in total. The monoisotopic (exact) mass is 356 g/mol. The number of hydrogen-bond acceptors (Lipinski definition) is 2. The fourth-order valence-electron chi connectivity index (χ4n) is 3.24. The predicted molar refractivity (Wildman–Crippen MR) is 99.1 cm³/mol. The van der Waals surface area contributed by atoms with E-state index in [9.17, 15) is 9.18 Å². The van der Waals surface area contributed by atoms with E-state index in [1.807, 2.05) is 11.0 Å². The first-order valence-electron chi connectivity index (χ1n) is 8.92. The van der Waals surface area contributed by atoms with Crippen LogP contribution in [-0.4, -0.2) is 37.0 Å². The zero-order chi connectivity index (χ0) is 16.5. The Balaban J connectivity index is 0.00000288. The van der Waals surface area contributed by atoms with Gasteiger partial charge >= 0.3 is 0 Å². The largest absolute Gasteiger partial charge is 0.342 e. The van der Waals surface area contributed by atoms with Crippen molar-refractivity contribution in [3.8, 4) is 0 Å². The van der Waals surface area contributed by atoms with Crippen molar-refractivity contribution in [3.05, 3.63) is 35.6 Å². The van der Waals surface area contributed by atoms with Crippen LogP contribution in [-0.2, 0) is 11.2 Å². The topological polar surface area (TPSA) is 32.3 Å². The fraction of sp³-hybridized carbons (Fsp3) is 0.632. The number of amides is 1. The van der Waals surface area contributed by atoms with E-state index in [1.54, 1.807) is 12.1 Å². The van der Waals surface area contributed by atoms with Crippen LogP contribution in [0.1, 0.15) is 44.6 Å². The van der Waals surface area contributed by atoms with Gasteiger partial charge in [-0.15, -0.1) is 12.4 Å². The van der Waals surface area contributed by atoms with Crippen molar-refractivity contribution in [3.63, 3.8) is 0 Å². The molecule has 136 valence electrons. The molecule has 1 fully saturated rings. The molecule has 0 spiro atoms. The second kappa shape index (κ2) is 11.4. The number of benzene rings is 1. The van der Waals surface area contributed by atoms with Crippen molar-refractivity contribution in [1.29, 1.82) is 0 Å². The van der Waals surface area contributed by atoms with E-state index in [2.05, 4.69) is 12.2 Å². The summed E-state index contributed by atoms with van der Waals surface area (Å²) in [6.07, 6.45) is 5.70. The van der Waals surface area contributed by atoms with Gasteiger partial charge in [0.05, 0.1) is 0 Å². The lowest BCUT2D eigenvalue weighted by molar-refractivity contribution is -0.131. The van der Waals surface area contributed by atoms with Gasteiger partial charge in [-0.1, -0.05) is 19.1 Å². The highest BCUT2D eigenvalue weighted by Crippen LogP contribution is 2.18. The minimum atomic E-state index is -0.207. The molecule has 1 aromatic carbocycles. The van der Waals surface area contributed by atoms with Gasteiger partial charge in [-0.3, -0.25) is 4.79 Å². The van der Waals surface area contributed by atoms with E-state index in [0.29, 0.717) is 18.9 Å². The van der Waals surface area contributed by atoms with E-state index >= 15 is 0 Å². The maximum atomic E-state index is 13.2. The molecule has 0 aromatic heterocycles. The van der Waals surface area contributed by atoms with Gasteiger partial charge in [0.2, 0.25) is 5.91 Å². The summed E-state index contributed by atoms with van der Waals surface area (Å²) in [6, 6.07) is 6.67. The Hall–Kier alpha value is -1.13. The summed E-state index contributed by atoms with van der Waals surface area (Å²) in [4.78, 5) is 14.5. The minimum absolute atomic E-state index is 0. The zero-order valence-electron chi connectivity index (χ0n) is 14.6. The van der Waals surface area contributed by atoms with Crippen molar-refractivity contribution in [2.45, 2.75) is 45.4 Å². The van der Waals surface area contributed by atoms with Crippen molar-refractivity contribution in [1.82, 2.24) is 10.2 Å². The third-order valence-electron chi connectivity index (χ3n) is 4.63. The molecule has 0 saturated carbocycles. The summed E-state index contributed by atoms with van der Waals surface area (Å²) in [7, 11) is 0. The molecular formula is C19H30ClFN2O. The molecule has 2 rings (SSSR count). The number of nitrogens with one attached hydrogen (secondary N) is 1. The molecule has 5 heteroatoms. The smallest absolute Gasteiger partial charge is 0.222 e. The lowest BCUT2D eigenvalue weighted by atomic mass is 9.93. The van der Waals surface area contributed by atoms with Crippen LogP contribution in [0.2, 0.25) is 0 Å². The summed E-state index contributed by atoms with van der Waals surface area (Å²) in [5, 5.41) is 3.36. The zero-order valence-corrected chi connectivity index (χ0v) is 15.4. The molecule has 1 saturated heterocycles. The number of rotatable bonds is 8. The molecule has 1 aliphatic heterocycles. The van der Waals surface area contributed by atoms with Crippen molar-refractivity contribution in [2.75, 3.05) is 26.2 Å². The number of nitrogens with zero attached hydrogens (tertiary/aromatic N) is 1. The molecule has 1 heterocycles. The number of halogens is 2. The Bertz CT molecular complexity index is 492. The van der Waals surface area contributed by atoms with E-state index in [1.165, 1.54) is 18.9 Å². The maximum Gasteiger partial charge on any atom is 0.222 e. The molecule has 0 unspecified atom stereocenters. The summed E-state index contributed by atoms with van der Waals surface area (Å²) in [5.74, 6) is 0.732. The first-order chi connectivity index (χ1) is 11.2. The van der Waals surface area contributed by atoms with Gasteiger partial charge in [0.1, 0.15) is 5.82 Å². The van der Waals surface area contributed by atoms with Crippen LogP contribution in [0.3, 0.4) is 0 Å². The molecule has 0 aliphatic carbocycles. The van der Waals surface area contributed by atoms with Gasteiger partial charge in [0.25, 0.3) is 0 Å². The minimum Gasteiger partial charge on any atom is -0.342 e. The van der Waals surface area contributed by atoms with E-state index < -0.39 is 0 Å². The van der Waals surface area contributed by atoms with Gasteiger partial charge < -0.3 is 10.2 Å². The maximum absolute atomic E-state index is 13.2. The quantitative estimate of drug-likeness (QED) is 0.768. The molecule has 0 bridgehead atoms. The van der Waals surface area contributed by atoms with Gasteiger partial charge in [0.15, 0.2) is 0 Å². The van der Waals surface area contributed by atoms with Crippen molar-refractivity contribution < 1.29 is 9.18 Å². The van der Waals surface area contributed by atoms with Crippen LogP contribution in [0, 0.1) is 11.7 Å². The second-order valence-electron chi connectivity index (χ2n) is 6.49. The van der Waals surface area contributed by atoms with Crippen molar-refractivity contribution >= 4 is 18.3 Å². The first kappa shape index (κ1) is 20.9. The molecule has 1 aromatic rings. The Morgan fingerprint density at radius 3 is 2.71 bits per heavy atom. The molecular weight excluding hydrogens is 327 g/mol.